The number of carboxylic acid groups (broad SMARTS) is 1. The summed E-state index contributed by atoms with van der Waals surface area (Å²) < 4.78 is 0. The third-order valence-corrected chi connectivity index (χ3v) is 3.68. The number of hydrogen-bond acceptors (Lipinski definition) is 3. The lowest BCUT2D eigenvalue weighted by molar-refractivity contribution is -0.143. The van der Waals surface area contributed by atoms with E-state index < -0.39 is 12.0 Å². The molecule has 1 unspecified atom stereocenters. The summed E-state index contributed by atoms with van der Waals surface area (Å²) in [5.41, 5.74) is 4.25. The van der Waals surface area contributed by atoms with Gasteiger partial charge in [0.15, 0.2) is 0 Å². The van der Waals surface area contributed by atoms with Crippen LogP contribution in [0, 0.1) is 13.8 Å². The van der Waals surface area contributed by atoms with Crippen molar-refractivity contribution in [2.75, 3.05) is 7.05 Å². The molecule has 4 heteroatoms. The van der Waals surface area contributed by atoms with Gasteiger partial charge in [0, 0.05) is 18.9 Å². The van der Waals surface area contributed by atoms with Crippen molar-refractivity contribution in [3.8, 4) is 0 Å². The van der Waals surface area contributed by atoms with Gasteiger partial charge < -0.3 is 5.11 Å². The number of carboxylic acids is 1. The molecule has 0 fully saturated rings. The number of nitrogens with zero attached hydrogens (tertiary/aromatic N) is 2. The molecule has 1 aromatic carbocycles. The highest BCUT2D eigenvalue weighted by Gasteiger charge is 2.24. The topological polar surface area (TPSA) is 53.4 Å². The van der Waals surface area contributed by atoms with Gasteiger partial charge in [-0.1, -0.05) is 24.3 Å². The number of pyridine rings is 1. The fraction of sp³-hybridized carbons (Fsp3) is 0.294. The minimum absolute atomic E-state index is 0.576. The fourth-order valence-electron chi connectivity index (χ4n) is 2.40. The number of hydrogen-bond donors (Lipinski definition) is 1. The molecule has 1 N–H and O–H groups in total. The Morgan fingerprint density at radius 2 is 2.05 bits per heavy atom. The van der Waals surface area contributed by atoms with E-state index in [1.165, 1.54) is 11.1 Å². The number of aryl methyl sites for hydroxylation is 2. The first-order valence-electron chi connectivity index (χ1n) is 6.88. The van der Waals surface area contributed by atoms with Crippen LogP contribution in [0.25, 0.3) is 0 Å². The summed E-state index contributed by atoms with van der Waals surface area (Å²) in [6.45, 7) is 4.71. The fourth-order valence-corrected chi connectivity index (χ4v) is 2.40. The van der Waals surface area contributed by atoms with Gasteiger partial charge in [0.05, 0.1) is 0 Å². The first-order valence-corrected chi connectivity index (χ1v) is 6.88. The van der Waals surface area contributed by atoms with Crippen molar-refractivity contribution in [1.29, 1.82) is 0 Å². The highest BCUT2D eigenvalue weighted by Crippen LogP contribution is 2.21. The Morgan fingerprint density at radius 1 is 1.29 bits per heavy atom. The van der Waals surface area contributed by atoms with E-state index in [4.69, 9.17) is 0 Å². The van der Waals surface area contributed by atoms with Gasteiger partial charge in [-0.15, -0.1) is 0 Å². The predicted octanol–water partition coefficient (Wildman–Crippen LogP) is 2.96. The van der Waals surface area contributed by atoms with E-state index in [1.807, 2.05) is 18.0 Å². The minimum Gasteiger partial charge on any atom is -0.480 e. The predicted molar refractivity (Wildman–Crippen MR) is 82.0 cm³/mol. The first kappa shape index (κ1) is 15.2. The van der Waals surface area contributed by atoms with Crippen molar-refractivity contribution in [2.45, 2.75) is 26.4 Å². The van der Waals surface area contributed by atoms with Gasteiger partial charge in [-0.05, 0) is 49.2 Å². The molecule has 0 radical (unpaired) electrons. The van der Waals surface area contributed by atoms with Crippen molar-refractivity contribution in [1.82, 2.24) is 9.88 Å². The van der Waals surface area contributed by atoms with Crippen LogP contribution in [0.1, 0.15) is 28.3 Å². The summed E-state index contributed by atoms with van der Waals surface area (Å²) in [5.74, 6) is -0.866. The third kappa shape index (κ3) is 3.67. The minimum atomic E-state index is -0.866. The molecule has 0 bridgehead atoms. The van der Waals surface area contributed by atoms with Crippen molar-refractivity contribution in [3.05, 3.63) is 65.0 Å². The molecule has 0 saturated carbocycles. The highest BCUT2D eigenvalue weighted by atomic mass is 16.4. The van der Waals surface area contributed by atoms with Gasteiger partial charge in [0.2, 0.25) is 0 Å². The largest absolute Gasteiger partial charge is 0.480 e. The summed E-state index contributed by atoms with van der Waals surface area (Å²) in [6.07, 6.45) is 3.25. The van der Waals surface area contributed by atoms with E-state index in [1.54, 1.807) is 24.5 Å². The zero-order valence-corrected chi connectivity index (χ0v) is 12.6. The van der Waals surface area contributed by atoms with Crippen LogP contribution in [0.2, 0.25) is 0 Å². The molecule has 1 heterocycles. The summed E-state index contributed by atoms with van der Waals surface area (Å²) in [4.78, 5) is 17.4. The smallest absolute Gasteiger partial charge is 0.325 e. The average molecular weight is 284 g/mol. The van der Waals surface area contributed by atoms with Gasteiger partial charge in [0.1, 0.15) is 6.04 Å². The highest BCUT2D eigenvalue weighted by molar-refractivity contribution is 5.75. The van der Waals surface area contributed by atoms with Gasteiger partial charge in [-0.25, -0.2) is 0 Å². The van der Waals surface area contributed by atoms with E-state index >= 15 is 0 Å². The summed E-state index contributed by atoms with van der Waals surface area (Å²) in [7, 11) is 1.82. The molecule has 4 nitrogen and oxygen atoms in total. The van der Waals surface area contributed by atoms with Gasteiger partial charge in [-0.3, -0.25) is 14.7 Å². The van der Waals surface area contributed by atoms with Crippen molar-refractivity contribution in [2.24, 2.45) is 0 Å². The maximum atomic E-state index is 11.6. The molecule has 0 aliphatic carbocycles. The Kier molecular flexibility index (Phi) is 4.70. The zero-order valence-electron chi connectivity index (χ0n) is 12.6. The summed E-state index contributed by atoms with van der Waals surface area (Å²) in [6, 6.07) is 9.07. The molecule has 2 rings (SSSR count). The van der Waals surface area contributed by atoms with Gasteiger partial charge >= 0.3 is 5.97 Å². The van der Waals surface area contributed by atoms with Crippen molar-refractivity contribution < 1.29 is 9.90 Å². The Bertz CT molecular complexity index is 626. The zero-order chi connectivity index (χ0) is 15.4. The maximum absolute atomic E-state index is 11.6. The Hall–Kier alpha value is -2.20. The van der Waals surface area contributed by atoms with Crippen LogP contribution in [-0.2, 0) is 11.3 Å². The molecular formula is C17H20N2O2. The lowest BCUT2D eigenvalue weighted by Gasteiger charge is -2.25. The number of aromatic nitrogens is 1. The quantitative estimate of drug-likeness (QED) is 0.917. The summed E-state index contributed by atoms with van der Waals surface area (Å²) >= 11 is 0. The Labute approximate surface area is 125 Å². The lowest BCUT2D eigenvalue weighted by atomic mass is 10.0. The standard InChI is InChI=1S/C17H20N2O2/c1-12-6-7-14(9-13(12)2)11-19(3)16(17(20)21)15-5-4-8-18-10-15/h4-10,16H,11H2,1-3H3,(H,20,21). The molecule has 2 aromatic rings. The average Bonchev–Trinajstić information content (AvgIpc) is 2.44. The molecule has 0 aliphatic heterocycles. The van der Waals surface area contributed by atoms with Crippen LogP contribution < -0.4 is 0 Å². The SMILES string of the molecule is Cc1ccc(CN(C)C(C(=O)O)c2cccnc2)cc1C. The molecule has 1 atom stereocenters. The normalized spacial score (nSPS) is 12.4. The van der Waals surface area contributed by atoms with Crippen LogP contribution in [0.5, 0.6) is 0 Å². The lowest BCUT2D eigenvalue weighted by Crippen LogP contribution is -2.30. The Morgan fingerprint density at radius 3 is 2.62 bits per heavy atom. The second-order valence-electron chi connectivity index (χ2n) is 5.36. The van der Waals surface area contributed by atoms with Crippen LogP contribution >= 0.6 is 0 Å². The van der Waals surface area contributed by atoms with E-state index in [-0.39, 0.29) is 0 Å². The van der Waals surface area contributed by atoms with Gasteiger partial charge in [0.25, 0.3) is 0 Å². The van der Waals surface area contributed by atoms with E-state index in [0.717, 1.165) is 5.56 Å². The second-order valence-corrected chi connectivity index (χ2v) is 5.36. The van der Waals surface area contributed by atoms with Crippen LogP contribution in [0.15, 0.2) is 42.7 Å². The van der Waals surface area contributed by atoms with Crippen molar-refractivity contribution in [3.63, 3.8) is 0 Å². The number of rotatable bonds is 5. The number of likely N-dealkylation sites (N-methyl/N-ethyl adjacent to an activating group) is 1. The molecule has 110 valence electrons. The summed E-state index contributed by atoms with van der Waals surface area (Å²) in [5, 5.41) is 9.50. The van der Waals surface area contributed by atoms with Crippen LogP contribution in [0.4, 0.5) is 0 Å². The molecule has 1 aromatic heterocycles. The van der Waals surface area contributed by atoms with Gasteiger partial charge in [-0.2, -0.15) is 0 Å². The molecule has 21 heavy (non-hydrogen) atoms. The second kappa shape index (κ2) is 6.50. The van der Waals surface area contributed by atoms with E-state index in [9.17, 15) is 9.90 Å². The number of aliphatic carboxylic acids is 1. The Balaban J connectivity index is 2.21. The van der Waals surface area contributed by atoms with Crippen LogP contribution in [-0.4, -0.2) is 28.0 Å². The van der Waals surface area contributed by atoms with Crippen LogP contribution in [0.3, 0.4) is 0 Å². The van der Waals surface area contributed by atoms with Crippen molar-refractivity contribution >= 4 is 5.97 Å². The molecule has 0 spiro atoms. The molecule has 0 amide bonds. The van der Waals surface area contributed by atoms with E-state index in [2.05, 4.69) is 31.0 Å². The first-order chi connectivity index (χ1) is 9.99. The number of benzene rings is 1. The van der Waals surface area contributed by atoms with E-state index in [0.29, 0.717) is 12.1 Å². The molecular weight excluding hydrogens is 264 g/mol. The monoisotopic (exact) mass is 284 g/mol. The maximum Gasteiger partial charge on any atom is 0.325 e. The number of carbonyl (C=O) groups is 1. The third-order valence-electron chi connectivity index (χ3n) is 3.68. The molecule has 0 saturated heterocycles. The molecule has 0 aliphatic rings.